The smallest absolute Gasteiger partial charge is 0.186 e. The predicted molar refractivity (Wildman–Crippen MR) is 113 cm³/mol. The van der Waals surface area contributed by atoms with E-state index in [-0.39, 0.29) is 0 Å². The van der Waals surface area contributed by atoms with Crippen LogP contribution < -0.4 is 0 Å². The molecule has 0 radical (unpaired) electrons. The van der Waals surface area contributed by atoms with E-state index in [1.807, 2.05) is 0 Å². The topological polar surface area (TPSA) is 9.23 Å². The Kier molecular flexibility index (Phi) is 18.1. The summed E-state index contributed by atoms with van der Waals surface area (Å²) in [7, 11) is -1.34. The lowest BCUT2D eigenvalue weighted by atomic mass is 10.0. The van der Waals surface area contributed by atoms with Crippen LogP contribution in [0.1, 0.15) is 117 Å². The Morgan fingerprint density at radius 2 is 0.875 bits per heavy atom. The third-order valence-electron chi connectivity index (χ3n) is 5.12. The molecule has 0 saturated heterocycles. The van der Waals surface area contributed by atoms with Gasteiger partial charge in [0.1, 0.15) is 0 Å². The average molecular weight is 357 g/mol. The van der Waals surface area contributed by atoms with Crippen LogP contribution in [0.25, 0.3) is 0 Å². The van der Waals surface area contributed by atoms with Gasteiger partial charge in [0.2, 0.25) is 0 Å². The zero-order valence-corrected chi connectivity index (χ0v) is 18.6. The fourth-order valence-corrected chi connectivity index (χ4v) is 5.25. The van der Waals surface area contributed by atoms with Gasteiger partial charge in [0.25, 0.3) is 0 Å². The van der Waals surface area contributed by atoms with Crippen LogP contribution in [-0.4, -0.2) is 14.9 Å². The summed E-state index contributed by atoms with van der Waals surface area (Å²) in [5.74, 6) is 0. The van der Waals surface area contributed by atoms with Crippen molar-refractivity contribution in [3.8, 4) is 0 Å². The molecular weight excluding hydrogens is 308 g/mol. The normalized spacial score (nSPS) is 12.0. The minimum absolute atomic E-state index is 0.994. The molecule has 0 rings (SSSR count). The Morgan fingerprint density at radius 3 is 1.29 bits per heavy atom. The standard InChI is InChI=1S/C22H48OSi/c1-5-7-9-10-11-12-13-14-15-16-17-18-19-20-22-24(3,4)23-21-8-6-2/h5-22H2,1-4H3. The summed E-state index contributed by atoms with van der Waals surface area (Å²) in [6, 6.07) is 1.36. The van der Waals surface area contributed by atoms with Crippen LogP contribution in [0.3, 0.4) is 0 Å². The third kappa shape index (κ3) is 18.5. The number of unbranched alkanes of at least 4 members (excludes halogenated alkanes) is 14. The quantitative estimate of drug-likeness (QED) is 0.166. The highest BCUT2D eigenvalue weighted by Gasteiger charge is 2.20. The van der Waals surface area contributed by atoms with Crippen LogP contribution >= 0.6 is 0 Å². The fourth-order valence-electron chi connectivity index (χ4n) is 3.31. The molecule has 0 heterocycles. The molecule has 0 aromatic heterocycles. The van der Waals surface area contributed by atoms with Gasteiger partial charge in [-0.1, -0.05) is 110 Å². The maximum absolute atomic E-state index is 6.12. The minimum atomic E-state index is -1.34. The van der Waals surface area contributed by atoms with Gasteiger partial charge in [-0.25, -0.2) is 0 Å². The van der Waals surface area contributed by atoms with Crippen LogP contribution in [0.4, 0.5) is 0 Å². The summed E-state index contributed by atoms with van der Waals surface area (Å²) in [5.41, 5.74) is 0. The van der Waals surface area contributed by atoms with Gasteiger partial charge in [-0.3, -0.25) is 0 Å². The van der Waals surface area contributed by atoms with E-state index in [2.05, 4.69) is 26.9 Å². The molecule has 1 nitrogen and oxygen atoms in total. The molecule has 0 fully saturated rings. The van der Waals surface area contributed by atoms with Gasteiger partial charge in [-0.2, -0.15) is 0 Å². The van der Waals surface area contributed by atoms with Gasteiger partial charge in [0.15, 0.2) is 8.32 Å². The molecule has 2 heteroatoms. The summed E-state index contributed by atoms with van der Waals surface area (Å²) in [6.45, 7) is 10.3. The second kappa shape index (κ2) is 18.0. The molecule has 0 aliphatic carbocycles. The monoisotopic (exact) mass is 356 g/mol. The van der Waals surface area contributed by atoms with E-state index >= 15 is 0 Å². The molecule has 0 N–H and O–H groups in total. The van der Waals surface area contributed by atoms with E-state index in [1.165, 1.54) is 109 Å². The molecule has 146 valence electrons. The fraction of sp³-hybridized carbons (Fsp3) is 1.00. The summed E-state index contributed by atoms with van der Waals surface area (Å²) in [6.07, 6.45) is 22.7. The van der Waals surface area contributed by atoms with Crippen molar-refractivity contribution in [1.29, 1.82) is 0 Å². The van der Waals surface area contributed by atoms with Crippen LogP contribution in [0, 0.1) is 0 Å². The van der Waals surface area contributed by atoms with Gasteiger partial charge in [0, 0.05) is 6.61 Å². The van der Waals surface area contributed by atoms with Gasteiger partial charge in [0.05, 0.1) is 0 Å². The summed E-state index contributed by atoms with van der Waals surface area (Å²) >= 11 is 0. The second-order valence-corrected chi connectivity index (χ2v) is 12.6. The van der Waals surface area contributed by atoms with Crippen molar-refractivity contribution in [2.24, 2.45) is 0 Å². The van der Waals surface area contributed by atoms with Crippen LogP contribution in [0.15, 0.2) is 0 Å². The minimum Gasteiger partial charge on any atom is -0.417 e. The lowest BCUT2D eigenvalue weighted by Gasteiger charge is -2.22. The molecule has 24 heavy (non-hydrogen) atoms. The maximum Gasteiger partial charge on any atom is 0.186 e. The first-order chi connectivity index (χ1) is 11.6. The van der Waals surface area contributed by atoms with Crippen molar-refractivity contribution in [1.82, 2.24) is 0 Å². The van der Waals surface area contributed by atoms with Crippen molar-refractivity contribution in [2.75, 3.05) is 6.61 Å². The summed E-state index contributed by atoms with van der Waals surface area (Å²) in [4.78, 5) is 0. The molecule has 0 saturated carbocycles. The Hall–Kier alpha value is 0.177. The van der Waals surface area contributed by atoms with E-state index in [0.717, 1.165) is 6.61 Å². The lowest BCUT2D eigenvalue weighted by molar-refractivity contribution is 0.297. The molecule has 0 aromatic rings. The summed E-state index contributed by atoms with van der Waals surface area (Å²) < 4.78 is 6.12. The van der Waals surface area contributed by atoms with Gasteiger partial charge < -0.3 is 4.43 Å². The van der Waals surface area contributed by atoms with Crippen molar-refractivity contribution >= 4 is 8.32 Å². The van der Waals surface area contributed by atoms with Crippen LogP contribution in [0.2, 0.25) is 19.1 Å². The first-order valence-corrected chi connectivity index (χ1v) is 14.4. The highest BCUT2D eigenvalue weighted by atomic mass is 28.4. The third-order valence-corrected chi connectivity index (χ3v) is 7.67. The van der Waals surface area contributed by atoms with Crippen molar-refractivity contribution in [3.05, 3.63) is 0 Å². The number of rotatable bonds is 19. The molecule has 0 unspecified atom stereocenters. The molecule has 0 spiro atoms. The van der Waals surface area contributed by atoms with Crippen molar-refractivity contribution in [3.63, 3.8) is 0 Å². The van der Waals surface area contributed by atoms with E-state index < -0.39 is 8.32 Å². The number of hydrogen-bond donors (Lipinski definition) is 0. The van der Waals surface area contributed by atoms with Crippen molar-refractivity contribution in [2.45, 2.75) is 136 Å². The van der Waals surface area contributed by atoms with Crippen LogP contribution in [-0.2, 0) is 4.43 Å². The largest absolute Gasteiger partial charge is 0.417 e. The zero-order chi connectivity index (χ0) is 17.9. The first kappa shape index (κ1) is 24.2. The summed E-state index contributed by atoms with van der Waals surface area (Å²) in [5, 5.41) is 0. The van der Waals surface area contributed by atoms with Gasteiger partial charge in [-0.05, 0) is 25.6 Å². The van der Waals surface area contributed by atoms with Gasteiger partial charge in [-0.15, -0.1) is 0 Å². The second-order valence-electron chi connectivity index (χ2n) is 8.31. The lowest BCUT2D eigenvalue weighted by Crippen LogP contribution is -2.30. The molecule has 0 aliphatic rings. The Labute approximate surface area is 155 Å². The molecular formula is C22H48OSi. The molecule has 0 aliphatic heterocycles. The first-order valence-electron chi connectivity index (χ1n) is 11.3. The van der Waals surface area contributed by atoms with Crippen molar-refractivity contribution < 1.29 is 4.43 Å². The Bertz CT molecular complexity index is 240. The predicted octanol–water partition coefficient (Wildman–Crippen LogP) is 8.49. The molecule has 0 aromatic carbocycles. The van der Waals surface area contributed by atoms with E-state index in [9.17, 15) is 0 Å². The Balaban J connectivity index is 3.19. The highest BCUT2D eigenvalue weighted by Crippen LogP contribution is 2.18. The van der Waals surface area contributed by atoms with E-state index in [1.54, 1.807) is 0 Å². The van der Waals surface area contributed by atoms with E-state index in [4.69, 9.17) is 4.43 Å². The average Bonchev–Trinajstić information content (AvgIpc) is 2.55. The number of hydrogen-bond acceptors (Lipinski definition) is 1. The van der Waals surface area contributed by atoms with Crippen LogP contribution in [0.5, 0.6) is 0 Å². The Morgan fingerprint density at radius 1 is 0.500 bits per heavy atom. The van der Waals surface area contributed by atoms with E-state index in [0.29, 0.717) is 0 Å². The zero-order valence-electron chi connectivity index (χ0n) is 17.6. The van der Waals surface area contributed by atoms with Gasteiger partial charge >= 0.3 is 0 Å². The maximum atomic E-state index is 6.12. The SMILES string of the molecule is CCCCCCCCCCCCCCCC[Si](C)(C)OCCCC. The molecule has 0 amide bonds. The molecule has 0 atom stereocenters. The molecule has 0 bridgehead atoms. The highest BCUT2D eigenvalue weighted by molar-refractivity contribution is 6.71.